The highest BCUT2D eigenvalue weighted by Crippen LogP contribution is 2.65. The lowest BCUT2D eigenvalue weighted by molar-refractivity contribution is -0.131. The summed E-state index contributed by atoms with van der Waals surface area (Å²) in [7, 11) is -3.22. The fourth-order valence-electron chi connectivity index (χ4n) is 4.62. The highest BCUT2D eigenvalue weighted by molar-refractivity contribution is 8.04. The maximum Gasteiger partial charge on any atom is 0.176 e. The number of thioether (sulfide) groups is 1. The summed E-state index contributed by atoms with van der Waals surface area (Å²) in [4.78, 5) is 13.0. The minimum Gasteiger partial charge on any atom is -0.298 e. The third-order valence-corrected chi connectivity index (χ3v) is 9.25. The summed E-state index contributed by atoms with van der Waals surface area (Å²) in [5, 5.41) is 1.30. The number of Topliss-reactive ketones (excluding diaryl/α,β-unsaturated/α-hetero) is 1. The molecule has 0 unspecified atom stereocenters. The Labute approximate surface area is 123 Å². The number of carbonyl (C=O) groups excluding carboxylic acids is 1. The quantitative estimate of drug-likeness (QED) is 0.645. The van der Waals surface area contributed by atoms with E-state index in [0.29, 0.717) is 0 Å². The van der Waals surface area contributed by atoms with E-state index in [1.807, 2.05) is 27.7 Å². The van der Waals surface area contributed by atoms with Gasteiger partial charge in [-0.1, -0.05) is 6.08 Å². The van der Waals surface area contributed by atoms with Crippen LogP contribution in [0.4, 0.5) is 0 Å². The van der Waals surface area contributed by atoms with E-state index in [2.05, 4.69) is 6.08 Å². The molecule has 0 radical (unpaired) electrons. The molecule has 4 aliphatic rings. The first-order valence-corrected chi connectivity index (χ1v) is 9.52. The lowest BCUT2D eigenvalue weighted by Crippen LogP contribution is -2.37. The second kappa shape index (κ2) is 3.27. The van der Waals surface area contributed by atoms with Crippen LogP contribution >= 0.6 is 11.8 Å². The standard InChI is InChI=1S/C15H18O3S2/c1-14(2)7-5-9-12-10(11(7)19-9)8(6-20(12,17)18)15(3,4)13(14)16/h5-6,9-12H,1-4H3/t9-,10-,11+,12+/m1/s1. The van der Waals surface area contributed by atoms with Crippen LogP contribution in [0, 0.1) is 16.7 Å². The van der Waals surface area contributed by atoms with Crippen molar-refractivity contribution >= 4 is 27.4 Å². The van der Waals surface area contributed by atoms with Gasteiger partial charge in [0.2, 0.25) is 0 Å². The van der Waals surface area contributed by atoms with Crippen molar-refractivity contribution in [1.82, 2.24) is 0 Å². The molecule has 0 spiro atoms. The number of hydrogen-bond acceptors (Lipinski definition) is 4. The van der Waals surface area contributed by atoms with Crippen molar-refractivity contribution in [3.63, 3.8) is 0 Å². The topological polar surface area (TPSA) is 51.2 Å². The van der Waals surface area contributed by atoms with Crippen LogP contribution in [-0.2, 0) is 14.6 Å². The van der Waals surface area contributed by atoms with E-state index in [-0.39, 0.29) is 27.5 Å². The van der Waals surface area contributed by atoms with Gasteiger partial charge in [-0.05, 0) is 38.8 Å². The van der Waals surface area contributed by atoms with Gasteiger partial charge in [-0.2, -0.15) is 0 Å². The Bertz CT molecular complexity index is 709. The van der Waals surface area contributed by atoms with E-state index in [1.54, 1.807) is 11.8 Å². The number of ketones is 1. The predicted octanol–water partition coefficient (Wildman–Crippen LogP) is 2.34. The molecule has 3 aliphatic heterocycles. The molecule has 0 aromatic carbocycles. The van der Waals surface area contributed by atoms with Gasteiger partial charge in [-0.15, -0.1) is 11.8 Å². The summed E-state index contributed by atoms with van der Waals surface area (Å²) in [6, 6.07) is 0. The molecular weight excluding hydrogens is 292 g/mol. The largest absolute Gasteiger partial charge is 0.298 e. The lowest BCUT2D eigenvalue weighted by Gasteiger charge is -2.32. The summed E-state index contributed by atoms with van der Waals surface area (Å²) in [5.41, 5.74) is 0.829. The number of carbonyl (C=O) groups is 1. The van der Waals surface area contributed by atoms with Crippen molar-refractivity contribution in [2.45, 2.75) is 43.4 Å². The third kappa shape index (κ3) is 1.21. The van der Waals surface area contributed by atoms with Crippen LogP contribution in [0.2, 0.25) is 0 Å². The van der Waals surface area contributed by atoms with Gasteiger partial charge in [0.1, 0.15) is 0 Å². The molecule has 2 bridgehead atoms. The average Bonchev–Trinajstić information content (AvgIpc) is 2.96. The fourth-order valence-corrected chi connectivity index (χ4v) is 9.39. The molecule has 1 aliphatic carbocycles. The van der Waals surface area contributed by atoms with Gasteiger partial charge < -0.3 is 0 Å². The lowest BCUT2D eigenvalue weighted by atomic mass is 9.69. The Morgan fingerprint density at radius 3 is 2.35 bits per heavy atom. The molecule has 4 rings (SSSR count). The molecule has 2 fully saturated rings. The highest BCUT2D eigenvalue weighted by atomic mass is 32.2. The third-order valence-electron chi connectivity index (χ3n) is 5.57. The predicted molar refractivity (Wildman–Crippen MR) is 80.1 cm³/mol. The van der Waals surface area contributed by atoms with E-state index in [1.165, 1.54) is 5.41 Å². The first-order valence-electron chi connectivity index (χ1n) is 6.97. The molecule has 0 amide bonds. The van der Waals surface area contributed by atoms with Gasteiger partial charge in [-0.25, -0.2) is 8.42 Å². The van der Waals surface area contributed by atoms with Crippen LogP contribution < -0.4 is 0 Å². The van der Waals surface area contributed by atoms with E-state index in [9.17, 15) is 13.2 Å². The maximum atomic E-state index is 13.0. The Kier molecular flexibility index (Phi) is 2.15. The van der Waals surface area contributed by atoms with Crippen molar-refractivity contribution in [1.29, 1.82) is 0 Å². The molecule has 108 valence electrons. The SMILES string of the molecule is CC1(C)C(=O)C(C)(C)C2=C[C@H]3S[C@@H]2[C@H]2C1=CS(=O)(=O)[C@H]23. The summed E-state index contributed by atoms with van der Waals surface area (Å²) in [6.07, 6.45) is 2.07. The van der Waals surface area contributed by atoms with Gasteiger partial charge in [0.15, 0.2) is 15.6 Å². The van der Waals surface area contributed by atoms with Crippen LogP contribution in [0.1, 0.15) is 27.7 Å². The fraction of sp³-hybridized carbons (Fsp3) is 0.667. The Morgan fingerprint density at radius 2 is 1.70 bits per heavy atom. The normalized spacial score (nSPS) is 45.1. The summed E-state index contributed by atoms with van der Waals surface area (Å²) >= 11 is 1.74. The minimum atomic E-state index is -3.22. The first-order chi connectivity index (χ1) is 9.08. The monoisotopic (exact) mass is 310 g/mol. The van der Waals surface area contributed by atoms with E-state index < -0.39 is 20.7 Å². The van der Waals surface area contributed by atoms with Crippen molar-refractivity contribution in [2.75, 3.05) is 0 Å². The zero-order chi connectivity index (χ0) is 14.7. The molecule has 0 aromatic heterocycles. The average molecular weight is 310 g/mol. The van der Waals surface area contributed by atoms with Gasteiger partial charge in [0.05, 0.1) is 5.25 Å². The second-order valence-electron chi connectivity index (χ2n) is 7.38. The van der Waals surface area contributed by atoms with Crippen LogP contribution in [0.25, 0.3) is 0 Å². The Hall–Kier alpha value is -0.550. The van der Waals surface area contributed by atoms with Gasteiger partial charge in [0.25, 0.3) is 0 Å². The minimum absolute atomic E-state index is 0.00993. The number of hydrogen-bond donors (Lipinski definition) is 0. The van der Waals surface area contributed by atoms with Gasteiger partial charge >= 0.3 is 0 Å². The zero-order valence-electron chi connectivity index (χ0n) is 12.0. The van der Waals surface area contributed by atoms with Crippen LogP contribution in [-0.4, -0.2) is 30.0 Å². The highest BCUT2D eigenvalue weighted by Gasteiger charge is 2.66. The molecule has 1 saturated heterocycles. The number of fused-ring (bicyclic) bond motifs is 2. The molecule has 0 aromatic rings. The van der Waals surface area contributed by atoms with Crippen LogP contribution in [0.3, 0.4) is 0 Å². The Balaban J connectivity index is 2.07. The van der Waals surface area contributed by atoms with E-state index in [0.717, 1.165) is 11.1 Å². The second-order valence-corrected chi connectivity index (χ2v) is 10.7. The van der Waals surface area contributed by atoms with Crippen molar-refractivity contribution < 1.29 is 13.2 Å². The Morgan fingerprint density at radius 1 is 1.10 bits per heavy atom. The molecule has 1 saturated carbocycles. The van der Waals surface area contributed by atoms with E-state index in [4.69, 9.17) is 0 Å². The molecular formula is C15H18O3S2. The van der Waals surface area contributed by atoms with E-state index >= 15 is 0 Å². The van der Waals surface area contributed by atoms with Crippen molar-refractivity contribution in [3.05, 3.63) is 22.6 Å². The van der Waals surface area contributed by atoms with Crippen molar-refractivity contribution in [2.24, 2.45) is 16.7 Å². The smallest absolute Gasteiger partial charge is 0.176 e. The maximum absolute atomic E-state index is 13.0. The molecule has 20 heavy (non-hydrogen) atoms. The molecule has 4 atom stereocenters. The number of rotatable bonds is 0. The molecule has 3 nitrogen and oxygen atoms in total. The first kappa shape index (κ1) is 13.1. The van der Waals surface area contributed by atoms with Gasteiger partial charge in [-0.3, -0.25) is 4.79 Å². The van der Waals surface area contributed by atoms with Gasteiger partial charge in [0, 0.05) is 32.7 Å². The summed E-state index contributed by atoms with van der Waals surface area (Å²) in [5.74, 6) is 0.157. The van der Waals surface area contributed by atoms with Crippen LogP contribution in [0.5, 0.6) is 0 Å². The molecule has 0 N–H and O–H groups in total. The number of sulfone groups is 1. The number of allylic oxidation sites excluding steroid dienone is 1. The molecule has 5 heteroatoms. The zero-order valence-corrected chi connectivity index (χ0v) is 13.6. The van der Waals surface area contributed by atoms with Crippen LogP contribution in [0.15, 0.2) is 22.6 Å². The van der Waals surface area contributed by atoms with Crippen molar-refractivity contribution in [3.8, 4) is 0 Å². The summed E-state index contributed by atoms with van der Waals surface area (Å²) in [6.45, 7) is 7.78. The summed E-state index contributed by atoms with van der Waals surface area (Å²) < 4.78 is 24.9. The molecule has 3 heterocycles.